The largest absolute Gasteiger partial charge is 0.462 e. The maximum atomic E-state index is 13.6. The molecule has 0 bridgehead atoms. The Balaban J connectivity index is 2.73. The lowest BCUT2D eigenvalue weighted by Gasteiger charge is -2.16. The quantitative estimate of drug-likeness (QED) is 0.437. The van der Waals surface area contributed by atoms with Crippen LogP contribution in [0, 0.1) is 0 Å². The maximum absolute atomic E-state index is 13.6. The molecule has 1 heterocycles. The van der Waals surface area contributed by atoms with E-state index in [1.54, 1.807) is 0 Å². The Morgan fingerprint density at radius 2 is 2.18 bits per heavy atom. The summed E-state index contributed by atoms with van der Waals surface area (Å²) in [6.07, 6.45) is -1.29. The normalized spacial score (nSPS) is 21.4. The number of nitrogens with zero attached hydrogens (tertiary/aromatic N) is 1. The van der Waals surface area contributed by atoms with Gasteiger partial charge in [-0.1, -0.05) is 13.3 Å². The van der Waals surface area contributed by atoms with Crippen LogP contribution in [0.1, 0.15) is 26.7 Å². The van der Waals surface area contributed by atoms with Gasteiger partial charge in [-0.25, -0.2) is 18.9 Å². The van der Waals surface area contributed by atoms with Gasteiger partial charge in [0.25, 0.3) is 12.2 Å². The van der Waals surface area contributed by atoms with Crippen LogP contribution in [0.5, 0.6) is 0 Å². The minimum atomic E-state index is -2.37. The van der Waals surface area contributed by atoms with Gasteiger partial charge in [0, 0.05) is 0 Å². The molecule has 1 fully saturated rings. The van der Waals surface area contributed by atoms with Gasteiger partial charge in [-0.15, -0.1) is 0 Å². The molecule has 1 aliphatic heterocycles. The Labute approximate surface area is 98.1 Å². The average molecular weight is 246 g/mol. The van der Waals surface area contributed by atoms with Crippen molar-refractivity contribution in [1.29, 1.82) is 0 Å². The second-order valence-electron chi connectivity index (χ2n) is 3.59. The fourth-order valence-electron chi connectivity index (χ4n) is 1.56. The molecule has 1 N–H and O–H groups in total. The molecular formula is C10H15FN2O4. The summed E-state index contributed by atoms with van der Waals surface area (Å²) in [7, 11) is 0. The highest BCUT2D eigenvalue weighted by Crippen LogP contribution is 2.16. The minimum absolute atomic E-state index is 0.0126. The van der Waals surface area contributed by atoms with Crippen molar-refractivity contribution in [1.82, 2.24) is 10.2 Å². The number of nitrogens with one attached hydrogen (secondary N) is 1. The van der Waals surface area contributed by atoms with Crippen molar-refractivity contribution in [2.75, 3.05) is 6.61 Å². The van der Waals surface area contributed by atoms with Crippen molar-refractivity contribution in [3.8, 4) is 0 Å². The maximum Gasteiger partial charge on any atom is 0.362 e. The predicted octanol–water partition coefficient (Wildman–Crippen LogP) is 0.566. The second kappa shape index (κ2) is 5.60. The van der Waals surface area contributed by atoms with Crippen molar-refractivity contribution in [3.05, 3.63) is 0 Å². The van der Waals surface area contributed by atoms with Crippen LogP contribution < -0.4 is 5.32 Å². The van der Waals surface area contributed by atoms with Crippen LogP contribution in [0.3, 0.4) is 0 Å². The third kappa shape index (κ3) is 2.72. The molecule has 17 heavy (non-hydrogen) atoms. The first kappa shape index (κ1) is 13.4. The van der Waals surface area contributed by atoms with Crippen LogP contribution >= 0.6 is 0 Å². The standard InChI is InChI=1S/C10H15FN2O4/c1-3-5-6-8(14)13(10(16)12-6)7(11)9(15)17-4-2/h6-7H,3-5H2,1-2H3,(H,12,16). The van der Waals surface area contributed by atoms with E-state index in [1.165, 1.54) is 6.92 Å². The number of hydrogen-bond acceptors (Lipinski definition) is 4. The van der Waals surface area contributed by atoms with Crippen molar-refractivity contribution in [2.45, 2.75) is 39.0 Å². The highest BCUT2D eigenvalue weighted by molar-refractivity contribution is 6.06. The number of hydrogen-bond donors (Lipinski definition) is 1. The Bertz CT molecular complexity index is 334. The third-order valence-electron chi connectivity index (χ3n) is 2.34. The third-order valence-corrected chi connectivity index (χ3v) is 2.34. The first-order valence-electron chi connectivity index (χ1n) is 5.47. The van der Waals surface area contributed by atoms with E-state index in [1.807, 2.05) is 6.92 Å². The highest BCUT2D eigenvalue weighted by Gasteiger charge is 2.45. The summed E-state index contributed by atoms with van der Waals surface area (Å²) in [5.41, 5.74) is 0. The molecule has 1 saturated heterocycles. The molecule has 0 radical (unpaired) electrons. The number of ether oxygens (including phenoxy) is 1. The van der Waals surface area contributed by atoms with Gasteiger partial charge in [-0.3, -0.25) is 4.79 Å². The summed E-state index contributed by atoms with van der Waals surface area (Å²) in [5.74, 6) is -1.95. The average Bonchev–Trinajstić information content (AvgIpc) is 2.54. The minimum Gasteiger partial charge on any atom is -0.462 e. The summed E-state index contributed by atoms with van der Waals surface area (Å²) in [6.45, 7) is 3.33. The molecule has 2 atom stereocenters. The van der Waals surface area contributed by atoms with Gasteiger partial charge in [0.2, 0.25) is 0 Å². The Morgan fingerprint density at radius 1 is 1.53 bits per heavy atom. The van der Waals surface area contributed by atoms with E-state index in [0.29, 0.717) is 12.8 Å². The zero-order valence-corrected chi connectivity index (χ0v) is 9.73. The summed E-state index contributed by atoms with van der Waals surface area (Å²) < 4.78 is 18.0. The number of halogens is 1. The molecule has 7 heteroatoms. The van der Waals surface area contributed by atoms with Gasteiger partial charge in [0.1, 0.15) is 6.04 Å². The number of carbonyl (C=O) groups is 3. The van der Waals surface area contributed by atoms with E-state index in [9.17, 15) is 18.8 Å². The van der Waals surface area contributed by atoms with Crippen LogP contribution in [-0.2, 0) is 14.3 Å². The molecule has 1 rings (SSSR count). The van der Waals surface area contributed by atoms with Crippen LogP contribution in [0.25, 0.3) is 0 Å². The molecule has 6 nitrogen and oxygen atoms in total. The number of rotatable bonds is 5. The number of esters is 1. The smallest absolute Gasteiger partial charge is 0.362 e. The second-order valence-corrected chi connectivity index (χ2v) is 3.59. The molecule has 0 aromatic heterocycles. The first-order chi connectivity index (χ1) is 8.02. The van der Waals surface area contributed by atoms with E-state index in [0.717, 1.165) is 0 Å². The molecule has 1 aliphatic rings. The van der Waals surface area contributed by atoms with E-state index in [2.05, 4.69) is 10.1 Å². The van der Waals surface area contributed by atoms with Crippen LogP contribution in [0.15, 0.2) is 0 Å². The lowest BCUT2D eigenvalue weighted by molar-refractivity contribution is -0.158. The van der Waals surface area contributed by atoms with Gasteiger partial charge in [0.05, 0.1) is 6.61 Å². The van der Waals surface area contributed by atoms with Crippen molar-refractivity contribution in [2.24, 2.45) is 0 Å². The summed E-state index contributed by atoms with van der Waals surface area (Å²) in [4.78, 5) is 34.4. The Kier molecular flexibility index (Phi) is 4.42. The van der Waals surface area contributed by atoms with Gasteiger partial charge >= 0.3 is 12.0 Å². The van der Waals surface area contributed by atoms with Crippen LogP contribution in [0.2, 0.25) is 0 Å². The zero-order valence-electron chi connectivity index (χ0n) is 9.73. The van der Waals surface area contributed by atoms with E-state index < -0.39 is 30.2 Å². The Hall–Kier alpha value is -1.66. The monoisotopic (exact) mass is 246 g/mol. The lowest BCUT2D eigenvalue weighted by atomic mass is 10.2. The van der Waals surface area contributed by atoms with E-state index in [4.69, 9.17) is 0 Å². The molecule has 0 aromatic carbocycles. The predicted molar refractivity (Wildman–Crippen MR) is 55.6 cm³/mol. The fourth-order valence-corrected chi connectivity index (χ4v) is 1.56. The SMILES string of the molecule is CCCC1NC(=O)N(C(F)C(=O)OCC)C1=O. The summed E-state index contributed by atoms with van der Waals surface area (Å²) in [5, 5.41) is 2.32. The molecule has 2 unspecified atom stereocenters. The molecule has 3 amide bonds. The van der Waals surface area contributed by atoms with Crippen molar-refractivity contribution < 1.29 is 23.5 Å². The number of carbonyl (C=O) groups excluding carboxylic acids is 3. The summed E-state index contributed by atoms with van der Waals surface area (Å²) in [6, 6.07) is -1.64. The van der Waals surface area contributed by atoms with Crippen LogP contribution in [0.4, 0.5) is 9.18 Å². The molecule has 0 aliphatic carbocycles. The number of alkyl halides is 1. The van der Waals surface area contributed by atoms with Gasteiger partial charge in [-0.2, -0.15) is 0 Å². The van der Waals surface area contributed by atoms with Gasteiger partial charge in [0.15, 0.2) is 0 Å². The Morgan fingerprint density at radius 3 is 2.71 bits per heavy atom. The van der Waals surface area contributed by atoms with Gasteiger partial charge < -0.3 is 10.1 Å². The number of amides is 3. The molecule has 0 aromatic rings. The lowest BCUT2D eigenvalue weighted by Crippen LogP contribution is -2.43. The van der Waals surface area contributed by atoms with E-state index >= 15 is 0 Å². The van der Waals surface area contributed by atoms with Crippen molar-refractivity contribution in [3.63, 3.8) is 0 Å². The van der Waals surface area contributed by atoms with Crippen LogP contribution in [-0.4, -0.2) is 41.8 Å². The molecular weight excluding hydrogens is 231 g/mol. The van der Waals surface area contributed by atoms with Gasteiger partial charge in [-0.05, 0) is 13.3 Å². The summed E-state index contributed by atoms with van der Waals surface area (Å²) >= 11 is 0. The van der Waals surface area contributed by atoms with Crippen molar-refractivity contribution >= 4 is 17.9 Å². The van der Waals surface area contributed by atoms with E-state index in [-0.39, 0.29) is 11.5 Å². The molecule has 96 valence electrons. The number of imide groups is 1. The fraction of sp³-hybridized carbons (Fsp3) is 0.700. The topological polar surface area (TPSA) is 75.7 Å². The molecule has 0 spiro atoms. The highest BCUT2D eigenvalue weighted by atomic mass is 19.1. The number of urea groups is 1. The molecule has 0 saturated carbocycles. The first-order valence-corrected chi connectivity index (χ1v) is 5.47. The zero-order chi connectivity index (χ0) is 13.0.